The van der Waals surface area contributed by atoms with E-state index in [-0.39, 0.29) is 12.1 Å². The van der Waals surface area contributed by atoms with E-state index in [9.17, 15) is 4.79 Å². The average Bonchev–Trinajstić information content (AvgIpc) is 2.65. The Morgan fingerprint density at radius 3 is 2.44 bits per heavy atom. The fraction of sp³-hybridized carbons (Fsp3) is 0.409. The predicted molar refractivity (Wildman–Crippen MR) is 111 cm³/mol. The predicted octanol–water partition coefficient (Wildman–Crippen LogP) is 4.44. The zero-order valence-electron chi connectivity index (χ0n) is 16.7. The summed E-state index contributed by atoms with van der Waals surface area (Å²) in [4.78, 5) is 16.9. The number of ether oxygens (including phenoxy) is 1. The number of carbonyl (C=O) groups excluding carboxylic acids is 1. The van der Waals surface area contributed by atoms with E-state index in [1.807, 2.05) is 43.0 Å². The van der Waals surface area contributed by atoms with Crippen LogP contribution in [-0.2, 0) is 0 Å². The van der Waals surface area contributed by atoms with E-state index < -0.39 is 0 Å². The van der Waals surface area contributed by atoms with Gasteiger partial charge in [0, 0.05) is 31.9 Å². The molecule has 3 rings (SSSR count). The number of nitrogens with one attached hydrogen (secondary N) is 1. The molecule has 5 nitrogen and oxygen atoms in total. The van der Waals surface area contributed by atoms with Crippen molar-refractivity contribution in [1.29, 1.82) is 0 Å². The Balaban J connectivity index is 1.62. The van der Waals surface area contributed by atoms with Crippen LogP contribution in [0.1, 0.15) is 25.0 Å². The molecular weight excluding hydrogens is 338 g/mol. The van der Waals surface area contributed by atoms with Crippen molar-refractivity contribution in [1.82, 2.24) is 4.90 Å². The van der Waals surface area contributed by atoms with Crippen LogP contribution in [0.2, 0.25) is 0 Å². The lowest BCUT2D eigenvalue weighted by Gasteiger charge is -2.37. The highest BCUT2D eigenvalue weighted by Crippen LogP contribution is 2.26. The Morgan fingerprint density at radius 1 is 1.04 bits per heavy atom. The molecule has 0 aromatic heterocycles. The van der Waals surface area contributed by atoms with Crippen molar-refractivity contribution in [2.45, 2.75) is 33.8 Å². The number of carbonyl (C=O) groups is 1. The van der Waals surface area contributed by atoms with Crippen LogP contribution in [0.25, 0.3) is 0 Å². The maximum atomic E-state index is 12.7. The van der Waals surface area contributed by atoms with Crippen LogP contribution >= 0.6 is 0 Å². The Kier molecular flexibility index (Phi) is 5.89. The topological polar surface area (TPSA) is 44.8 Å². The number of hydrogen-bond donors (Lipinski definition) is 1. The smallest absolute Gasteiger partial charge is 0.322 e. The monoisotopic (exact) mass is 367 g/mol. The molecule has 0 saturated carbocycles. The Bertz CT molecular complexity index is 796. The Hall–Kier alpha value is -2.69. The van der Waals surface area contributed by atoms with Crippen molar-refractivity contribution in [2.75, 3.05) is 36.4 Å². The van der Waals surface area contributed by atoms with Crippen LogP contribution in [0, 0.1) is 13.8 Å². The Morgan fingerprint density at radius 2 is 1.74 bits per heavy atom. The van der Waals surface area contributed by atoms with E-state index in [0.717, 1.165) is 13.1 Å². The number of rotatable bonds is 4. The van der Waals surface area contributed by atoms with Gasteiger partial charge in [-0.1, -0.05) is 24.3 Å². The fourth-order valence-electron chi connectivity index (χ4n) is 3.33. The summed E-state index contributed by atoms with van der Waals surface area (Å²) in [7, 11) is 0. The van der Waals surface area contributed by atoms with Gasteiger partial charge in [-0.15, -0.1) is 0 Å². The number of aryl methyl sites for hydroxylation is 2. The number of piperazine rings is 1. The summed E-state index contributed by atoms with van der Waals surface area (Å²) in [5.74, 6) is 0.704. The zero-order chi connectivity index (χ0) is 19.4. The minimum atomic E-state index is -0.0737. The van der Waals surface area contributed by atoms with Crippen molar-refractivity contribution in [3.05, 3.63) is 53.6 Å². The summed E-state index contributed by atoms with van der Waals surface area (Å²) in [6.45, 7) is 11.3. The Labute approximate surface area is 161 Å². The van der Waals surface area contributed by atoms with Crippen molar-refractivity contribution >= 4 is 17.4 Å². The van der Waals surface area contributed by atoms with E-state index in [1.165, 1.54) is 16.8 Å². The zero-order valence-corrected chi connectivity index (χ0v) is 16.7. The highest BCUT2D eigenvalue weighted by Gasteiger charge is 2.23. The molecule has 1 aliphatic rings. The molecule has 0 unspecified atom stereocenters. The highest BCUT2D eigenvalue weighted by atomic mass is 16.5. The van der Waals surface area contributed by atoms with Gasteiger partial charge in [0.05, 0.1) is 11.8 Å². The van der Waals surface area contributed by atoms with E-state index in [0.29, 0.717) is 24.5 Å². The maximum absolute atomic E-state index is 12.7. The third-order valence-electron chi connectivity index (χ3n) is 4.76. The van der Waals surface area contributed by atoms with Gasteiger partial charge < -0.3 is 19.9 Å². The van der Waals surface area contributed by atoms with Crippen LogP contribution < -0.4 is 15.0 Å². The third kappa shape index (κ3) is 4.73. The standard InChI is InChI=1S/C22H29N3O2/c1-16(2)27-21-8-6-5-7-19(21)23-22(26)25-13-11-24(12-14-25)20-15-17(3)9-10-18(20)4/h5-10,15-16H,11-14H2,1-4H3,(H,23,26). The second-order valence-electron chi connectivity index (χ2n) is 7.36. The van der Waals surface area contributed by atoms with Crippen LogP contribution in [0.5, 0.6) is 5.75 Å². The van der Waals surface area contributed by atoms with Gasteiger partial charge in [0.25, 0.3) is 0 Å². The summed E-state index contributed by atoms with van der Waals surface area (Å²) >= 11 is 0. The van der Waals surface area contributed by atoms with Gasteiger partial charge in [0.2, 0.25) is 0 Å². The normalized spacial score (nSPS) is 14.4. The van der Waals surface area contributed by atoms with Gasteiger partial charge in [-0.3, -0.25) is 0 Å². The minimum Gasteiger partial charge on any atom is -0.489 e. The first kappa shape index (κ1) is 19.1. The first-order valence-electron chi connectivity index (χ1n) is 9.58. The molecule has 1 saturated heterocycles. The number of nitrogens with zero attached hydrogens (tertiary/aromatic N) is 2. The van der Waals surface area contributed by atoms with Crippen LogP contribution in [0.3, 0.4) is 0 Å². The second kappa shape index (κ2) is 8.33. The lowest BCUT2D eigenvalue weighted by atomic mass is 10.1. The molecule has 1 fully saturated rings. The van der Waals surface area contributed by atoms with Crippen molar-refractivity contribution in [2.24, 2.45) is 0 Å². The number of para-hydroxylation sites is 2. The average molecular weight is 367 g/mol. The summed E-state index contributed by atoms with van der Waals surface area (Å²) in [5.41, 5.74) is 4.52. The molecule has 1 aliphatic heterocycles. The van der Waals surface area contributed by atoms with Crippen molar-refractivity contribution in [3.63, 3.8) is 0 Å². The molecule has 1 heterocycles. The summed E-state index contributed by atoms with van der Waals surface area (Å²) < 4.78 is 5.79. The molecule has 0 aliphatic carbocycles. The van der Waals surface area contributed by atoms with E-state index >= 15 is 0 Å². The largest absolute Gasteiger partial charge is 0.489 e. The lowest BCUT2D eigenvalue weighted by molar-refractivity contribution is 0.207. The van der Waals surface area contributed by atoms with Crippen LogP contribution in [0.4, 0.5) is 16.2 Å². The van der Waals surface area contributed by atoms with E-state index in [1.54, 1.807) is 0 Å². The maximum Gasteiger partial charge on any atom is 0.322 e. The van der Waals surface area contributed by atoms with Gasteiger partial charge in [-0.25, -0.2) is 4.79 Å². The first-order chi connectivity index (χ1) is 12.9. The lowest BCUT2D eigenvalue weighted by Crippen LogP contribution is -2.50. The number of urea groups is 1. The molecule has 5 heteroatoms. The summed E-state index contributed by atoms with van der Waals surface area (Å²) in [6.07, 6.45) is 0.0594. The van der Waals surface area contributed by atoms with E-state index in [2.05, 4.69) is 42.3 Å². The van der Waals surface area contributed by atoms with Crippen molar-refractivity contribution in [3.8, 4) is 5.75 Å². The van der Waals surface area contributed by atoms with Crippen molar-refractivity contribution < 1.29 is 9.53 Å². The number of anilines is 2. The number of benzene rings is 2. The molecule has 0 spiro atoms. The molecule has 1 N–H and O–H groups in total. The summed E-state index contributed by atoms with van der Waals surface area (Å²) in [6, 6.07) is 14.0. The number of amides is 2. The highest BCUT2D eigenvalue weighted by molar-refractivity contribution is 5.91. The van der Waals surface area contributed by atoms with Gasteiger partial charge in [-0.2, -0.15) is 0 Å². The van der Waals surface area contributed by atoms with Gasteiger partial charge in [0.1, 0.15) is 5.75 Å². The van der Waals surface area contributed by atoms with Gasteiger partial charge in [-0.05, 0) is 57.0 Å². The first-order valence-corrected chi connectivity index (χ1v) is 9.58. The van der Waals surface area contributed by atoms with Gasteiger partial charge in [0.15, 0.2) is 0 Å². The molecular formula is C22H29N3O2. The van der Waals surface area contributed by atoms with Gasteiger partial charge >= 0.3 is 6.03 Å². The molecule has 2 aromatic carbocycles. The molecule has 0 radical (unpaired) electrons. The third-order valence-corrected chi connectivity index (χ3v) is 4.76. The molecule has 2 aromatic rings. The van der Waals surface area contributed by atoms with Crippen LogP contribution in [-0.4, -0.2) is 43.2 Å². The van der Waals surface area contributed by atoms with Crippen LogP contribution in [0.15, 0.2) is 42.5 Å². The molecule has 27 heavy (non-hydrogen) atoms. The molecule has 0 bridgehead atoms. The fourth-order valence-corrected chi connectivity index (χ4v) is 3.33. The quantitative estimate of drug-likeness (QED) is 0.869. The SMILES string of the molecule is Cc1ccc(C)c(N2CCN(C(=O)Nc3ccccc3OC(C)C)CC2)c1. The minimum absolute atomic E-state index is 0.0594. The molecule has 0 atom stereocenters. The summed E-state index contributed by atoms with van der Waals surface area (Å²) in [5, 5.41) is 3.00. The molecule has 2 amide bonds. The number of hydrogen-bond acceptors (Lipinski definition) is 3. The molecule has 144 valence electrons. The van der Waals surface area contributed by atoms with E-state index in [4.69, 9.17) is 4.74 Å². The second-order valence-corrected chi connectivity index (χ2v) is 7.36.